The summed E-state index contributed by atoms with van der Waals surface area (Å²) in [6.07, 6.45) is 3.92. The Morgan fingerprint density at radius 1 is 1.06 bits per heavy atom. The van der Waals surface area contributed by atoms with Gasteiger partial charge in [0.25, 0.3) is 0 Å². The molecule has 0 bridgehead atoms. The minimum absolute atomic E-state index is 0.163. The molecule has 2 atom stereocenters. The van der Waals surface area contributed by atoms with E-state index in [1.807, 2.05) is 0 Å². The van der Waals surface area contributed by atoms with E-state index >= 15 is 0 Å². The van der Waals surface area contributed by atoms with Crippen molar-refractivity contribution in [1.82, 2.24) is 10.2 Å². The highest BCUT2D eigenvalue weighted by atomic mass is 16.7. The van der Waals surface area contributed by atoms with Crippen LogP contribution >= 0.6 is 0 Å². The van der Waals surface area contributed by atoms with Crippen molar-refractivity contribution in [1.29, 1.82) is 0 Å². The fourth-order valence-electron chi connectivity index (χ4n) is 2.45. The minimum Gasteiger partial charge on any atom is -0.354 e. The molecule has 0 aromatic heterocycles. The molecular weight excluding hydrogens is 216 g/mol. The lowest BCUT2D eigenvalue weighted by Gasteiger charge is -2.33. The number of hydrogen-bond acceptors (Lipinski definition) is 4. The zero-order chi connectivity index (χ0) is 12.7. The Balaban J connectivity index is 2.23. The third kappa shape index (κ3) is 4.92. The Hall–Kier alpha value is -0.160. The summed E-state index contributed by atoms with van der Waals surface area (Å²) in [5, 5.41) is 3.49. The monoisotopic (exact) mass is 244 g/mol. The molecule has 1 aliphatic rings. The predicted octanol–water partition coefficient (Wildman–Crippen LogP) is 1.46. The summed E-state index contributed by atoms with van der Waals surface area (Å²) in [5.74, 6) is 0. The molecule has 1 rings (SSSR count). The van der Waals surface area contributed by atoms with Gasteiger partial charge in [-0.05, 0) is 39.8 Å². The molecule has 2 unspecified atom stereocenters. The molecule has 4 heteroatoms. The van der Waals surface area contributed by atoms with Crippen molar-refractivity contribution in [3.63, 3.8) is 0 Å². The van der Waals surface area contributed by atoms with Gasteiger partial charge in [0, 0.05) is 26.8 Å². The zero-order valence-corrected chi connectivity index (χ0v) is 11.7. The van der Waals surface area contributed by atoms with E-state index in [4.69, 9.17) is 9.47 Å². The number of hydrogen-bond donors (Lipinski definition) is 1. The lowest BCUT2D eigenvalue weighted by atomic mass is 10.1. The SMILES string of the molecule is COC(OC)C(C)NCC(C)N1CCCCC1. The molecule has 1 saturated heterocycles. The number of nitrogens with zero attached hydrogens (tertiary/aromatic N) is 1. The molecule has 102 valence electrons. The zero-order valence-electron chi connectivity index (χ0n) is 11.7. The number of ether oxygens (including phenoxy) is 2. The van der Waals surface area contributed by atoms with Crippen LogP contribution in [0.1, 0.15) is 33.1 Å². The highest BCUT2D eigenvalue weighted by molar-refractivity contribution is 4.75. The third-order valence-electron chi connectivity index (χ3n) is 3.62. The van der Waals surface area contributed by atoms with Crippen molar-refractivity contribution in [2.24, 2.45) is 0 Å². The average molecular weight is 244 g/mol. The smallest absolute Gasteiger partial charge is 0.171 e. The quantitative estimate of drug-likeness (QED) is 0.687. The van der Waals surface area contributed by atoms with Gasteiger partial charge in [0.2, 0.25) is 0 Å². The summed E-state index contributed by atoms with van der Waals surface area (Å²) in [4.78, 5) is 2.57. The van der Waals surface area contributed by atoms with E-state index in [1.54, 1.807) is 14.2 Å². The largest absolute Gasteiger partial charge is 0.354 e. The van der Waals surface area contributed by atoms with E-state index < -0.39 is 0 Å². The van der Waals surface area contributed by atoms with Crippen molar-refractivity contribution in [2.75, 3.05) is 33.9 Å². The van der Waals surface area contributed by atoms with Crippen molar-refractivity contribution >= 4 is 0 Å². The van der Waals surface area contributed by atoms with Gasteiger partial charge < -0.3 is 14.8 Å². The Kier molecular flexibility index (Phi) is 7.04. The van der Waals surface area contributed by atoms with Crippen LogP contribution in [0.5, 0.6) is 0 Å². The second-order valence-electron chi connectivity index (χ2n) is 4.98. The summed E-state index contributed by atoms with van der Waals surface area (Å²) < 4.78 is 10.5. The maximum Gasteiger partial charge on any atom is 0.171 e. The lowest BCUT2D eigenvalue weighted by Crippen LogP contribution is -2.48. The molecule has 1 fully saturated rings. The summed E-state index contributed by atoms with van der Waals surface area (Å²) in [6.45, 7) is 7.87. The fourth-order valence-corrected chi connectivity index (χ4v) is 2.45. The third-order valence-corrected chi connectivity index (χ3v) is 3.62. The number of nitrogens with one attached hydrogen (secondary N) is 1. The normalized spacial score (nSPS) is 21.7. The van der Waals surface area contributed by atoms with Gasteiger partial charge in [-0.25, -0.2) is 0 Å². The average Bonchev–Trinajstić information content (AvgIpc) is 2.38. The van der Waals surface area contributed by atoms with Crippen LogP contribution in [0.2, 0.25) is 0 Å². The molecule has 0 amide bonds. The maximum absolute atomic E-state index is 5.24. The Morgan fingerprint density at radius 2 is 1.65 bits per heavy atom. The fraction of sp³-hybridized carbons (Fsp3) is 1.00. The predicted molar refractivity (Wildman–Crippen MR) is 70.2 cm³/mol. The number of likely N-dealkylation sites (tertiary alicyclic amines) is 1. The summed E-state index contributed by atoms with van der Waals surface area (Å²) in [7, 11) is 3.36. The molecule has 0 aliphatic carbocycles. The molecule has 0 aromatic carbocycles. The summed E-state index contributed by atoms with van der Waals surface area (Å²) >= 11 is 0. The standard InChI is InChI=1S/C13H28N2O2/c1-11(15-8-6-5-7-9-15)10-14-12(2)13(16-3)17-4/h11-14H,5-10H2,1-4H3. The number of rotatable bonds is 7. The topological polar surface area (TPSA) is 33.7 Å². The van der Waals surface area contributed by atoms with Gasteiger partial charge >= 0.3 is 0 Å². The molecular formula is C13H28N2O2. The van der Waals surface area contributed by atoms with Crippen LogP contribution in [-0.4, -0.2) is 57.1 Å². The highest BCUT2D eigenvalue weighted by Crippen LogP contribution is 2.11. The molecule has 17 heavy (non-hydrogen) atoms. The van der Waals surface area contributed by atoms with Gasteiger partial charge in [-0.2, -0.15) is 0 Å². The first-order valence-electron chi connectivity index (χ1n) is 6.72. The Labute approximate surface area is 106 Å². The van der Waals surface area contributed by atoms with E-state index in [2.05, 4.69) is 24.1 Å². The number of piperidine rings is 1. The second-order valence-corrected chi connectivity index (χ2v) is 4.98. The minimum atomic E-state index is -0.163. The summed E-state index contributed by atoms with van der Waals surface area (Å²) in [5.41, 5.74) is 0. The van der Waals surface area contributed by atoms with Crippen molar-refractivity contribution in [2.45, 2.75) is 51.5 Å². The van der Waals surface area contributed by atoms with Crippen LogP contribution in [0, 0.1) is 0 Å². The molecule has 1 aliphatic heterocycles. The van der Waals surface area contributed by atoms with E-state index in [9.17, 15) is 0 Å². The van der Waals surface area contributed by atoms with Gasteiger partial charge in [0.15, 0.2) is 6.29 Å². The molecule has 1 N–H and O–H groups in total. The van der Waals surface area contributed by atoms with Gasteiger partial charge in [0.05, 0.1) is 6.04 Å². The van der Waals surface area contributed by atoms with Crippen LogP contribution in [-0.2, 0) is 9.47 Å². The summed E-state index contributed by atoms with van der Waals surface area (Å²) in [6, 6.07) is 0.810. The van der Waals surface area contributed by atoms with Gasteiger partial charge in [-0.15, -0.1) is 0 Å². The van der Waals surface area contributed by atoms with E-state index in [-0.39, 0.29) is 12.3 Å². The van der Waals surface area contributed by atoms with Crippen LogP contribution in [0.4, 0.5) is 0 Å². The molecule has 0 spiro atoms. The number of methoxy groups -OCH3 is 2. The van der Waals surface area contributed by atoms with Crippen LogP contribution < -0.4 is 5.32 Å². The van der Waals surface area contributed by atoms with Gasteiger partial charge in [-0.1, -0.05) is 6.42 Å². The Bertz CT molecular complexity index is 192. The maximum atomic E-state index is 5.24. The first kappa shape index (κ1) is 14.9. The van der Waals surface area contributed by atoms with Crippen LogP contribution in [0.15, 0.2) is 0 Å². The van der Waals surface area contributed by atoms with Crippen LogP contribution in [0.3, 0.4) is 0 Å². The second kappa shape index (κ2) is 8.03. The molecule has 0 aromatic rings. The van der Waals surface area contributed by atoms with Crippen molar-refractivity contribution in [3.05, 3.63) is 0 Å². The van der Waals surface area contributed by atoms with Crippen LogP contribution in [0.25, 0.3) is 0 Å². The molecule has 0 saturated carbocycles. The van der Waals surface area contributed by atoms with Crippen molar-refractivity contribution < 1.29 is 9.47 Å². The van der Waals surface area contributed by atoms with E-state index in [0.717, 1.165) is 6.54 Å². The molecule has 0 radical (unpaired) electrons. The van der Waals surface area contributed by atoms with E-state index in [0.29, 0.717) is 6.04 Å². The van der Waals surface area contributed by atoms with E-state index in [1.165, 1.54) is 32.4 Å². The first-order valence-corrected chi connectivity index (χ1v) is 6.72. The molecule has 4 nitrogen and oxygen atoms in total. The highest BCUT2D eigenvalue weighted by Gasteiger charge is 2.19. The molecule has 1 heterocycles. The first-order chi connectivity index (χ1) is 8.19. The van der Waals surface area contributed by atoms with Gasteiger partial charge in [0.1, 0.15) is 0 Å². The van der Waals surface area contributed by atoms with Gasteiger partial charge in [-0.3, -0.25) is 4.90 Å². The Morgan fingerprint density at radius 3 is 2.18 bits per heavy atom. The lowest BCUT2D eigenvalue weighted by molar-refractivity contribution is -0.119. The van der Waals surface area contributed by atoms with Crippen molar-refractivity contribution in [3.8, 4) is 0 Å².